The Bertz CT molecular complexity index is 440. The zero-order valence-electron chi connectivity index (χ0n) is 11.9. The predicted octanol–water partition coefficient (Wildman–Crippen LogP) is 2.85. The molecule has 110 valence electrons. The Labute approximate surface area is 119 Å². The van der Waals surface area contributed by atoms with Crippen LogP contribution >= 0.6 is 0 Å². The average molecular weight is 279 g/mol. The van der Waals surface area contributed by atoms with Crippen LogP contribution in [0.25, 0.3) is 0 Å². The van der Waals surface area contributed by atoms with Crippen LogP contribution < -0.4 is 4.74 Å². The minimum absolute atomic E-state index is 0.132. The van der Waals surface area contributed by atoms with Gasteiger partial charge in [0.15, 0.2) is 11.6 Å². The maximum Gasteiger partial charge on any atom is 0.165 e. The molecule has 1 saturated carbocycles. The fraction of sp³-hybridized carbons (Fsp3) is 0.625. The van der Waals surface area contributed by atoms with Gasteiger partial charge in [-0.1, -0.05) is 12.1 Å². The maximum absolute atomic E-state index is 13.5. The minimum atomic E-state index is -0.272. The second kappa shape index (κ2) is 6.10. The van der Waals surface area contributed by atoms with Gasteiger partial charge < -0.3 is 9.47 Å². The quantitative estimate of drug-likeness (QED) is 0.846. The molecule has 1 heterocycles. The molecule has 1 aromatic rings. The van der Waals surface area contributed by atoms with Gasteiger partial charge in [-0.2, -0.15) is 0 Å². The highest BCUT2D eigenvalue weighted by Crippen LogP contribution is 2.29. The third-order valence-corrected chi connectivity index (χ3v) is 4.50. The topological polar surface area (TPSA) is 21.7 Å². The Morgan fingerprint density at radius 2 is 1.75 bits per heavy atom. The molecule has 0 N–H and O–H groups in total. The molecule has 2 fully saturated rings. The van der Waals surface area contributed by atoms with E-state index in [9.17, 15) is 4.39 Å². The Kier molecular flexibility index (Phi) is 4.22. The van der Waals surface area contributed by atoms with Gasteiger partial charge in [0.1, 0.15) is 6.10 Å². The first kappa shape index (κ1) is 13.8. The van der Waals surface area contributed by atoms with Crippen molar-refractivity contribution in [1.29, 1.82) is 0 Å². The lowest BCUT2D eigenvalue weighted by atomic mass is 9.90. The van der Waals surface area contributed by atoms with Gasteiger partial charge in [-0.25, -0.2) is 4.39 Å². The van der Waals surface area contributed by atoms with Gasteiger partial charge in [-0.3, -0.25) is 4.90 Å². The number of hydrogen-bond acceptors (Lipinski definition) is 3. The number of rotatable bonds is 4. The Balaban J connectivity index is 1.44. The lowest BCUT2D eigenvalue weighted by Gasteiger charge is -2.46. The fourth-order valence-electron chi connectivity index (χ4n) is 3.21. The molecule has 3 rings (SSSR count). The molecule has 0 atom stereocenters. The van der Waals surface area contributed by atoms with Crippen LogP contribution in [0.3, 0.4) is 0 Å². The summed E-state index contributed by atoms with van der Waals surface area (Å²) in [5.74, 6) is 0.104. The van der Waals surface area contributed by atoms with Crippen molar-refractivity contribution in [2.24, 2.45) is 0 Å². The Morgan fingerprint density at radius 1 is 1.05 bits per heavy atom. The molecule has 0 aromatic heterocycles. The van der Waals surface area contributed by atoms with Crippen molar-refractivity contribution in [2.45, 2.75) is 43.9 Å². The van der Waals surface area contributed by atoms with Crippen molar-refractivity contribution in [3.8, 4) is 5.75 Å². The second-order valence-electron chi connectivity index (χ2n) is 5.79. The number of nitrogens with zero attached hydrogens (tertiary/aromatic N) is 1. The van der Waals surface area contributed by atoms with E-state index in [1.165, 1.54) is 18.9 Å². The fourth-order valence-corrected chi connectivity index (χ4v) is 3.21. The highest BCUT2D eigenvalue weighted by atomic mass is 19.1. The zero-order chi connectivity index (χ0) is 13.9. The van der Waals surface area contributed by atoms with Crippen LogP contribution in [0.15, 0.2) is 24.3 Å². The van der Waals surface area contributed by atoms with E-state index in [2.05, 4.69) is 4.90 Å². The SMILES string of the molecule is COC1CCC(N2CC(Oc3ccccc3F)C2)CC1. The summed E-state index contributed by atoms with van der Waals surface area (Å²) in [6.07, 6.45) is 5.27. The lowest BCUT2D eigenvalue weighted by molar-refractivity contribution is -0.0367. The normalized spacial score (nSPS) is 28.1. The van der Waals surface area contributed by atoms with Gasteiger partial charge in [0.25, 0.3) is 0 Å². The van der Waals surface area contributed by atoms with Crippen LogP contribution in [-0.2, 0) is 4.74 Å². The largest absolute Gasteiger partial charge is 0.485 e. The summed E-state index contributed by atoms with van der Waals surface area (Å²) in [6, 6.07) is 7.28. The second-order valence-corrected chi connectivity index (χ2v) is 5.79. The van der Waals surface area contributed by atoms with Crippen LogP contribution in [0, 0.1) is 5.82 Å². The van der Waals surface area contributed by atoms with Gasteiger partial charge in [-0.15, -0.1) is 0 Å². The number of halogens is 1. The molecule has 1 saturated heterocycles. The molecule has 1 aromatic carbocycles. The first-order chi connectivity index (χ1) is 9.76. The summed E-state index contributed by atoms with van der Waals surface area (Å²) in [6.45, 7) is 1.83. The van der Waals surface area contributed by atoms with Crippen molar-refractivity contribution < 1.29 is 13.9 Å². The molecule has 0 amide bonds. The standard InChI is InChI=1S/C16H22FNO2/c1-19-13-8-6-12(7-9-13)18-10-14(11-18)20-16-5-3-2-4-15(16)17/h2-5,12-14H,6-11H2,1H3. The molecule has 4 heteroatoms. The van der Waals surface area contributed by atoms with Crippen LogP contribution in [0.5, 0.6) is 5.75 Å². The van der Waals surface area contributed by atoms with Crippen molar-refractivity contribution in [3.63, 3.8) is 0 Å². The summed E-state index contributed by atoms with van der Waals surface area (Å²) in [7, 11) is 1.80. The molecule has 20 heavy (non-hydrogen) atoms. The van der Waals surface area contributed by atoms with E-state index in [-0.39, 0.29) is 11.9 Å². The summed E-state index contributed by atoms with van der Waals surface area (Å²) < 4.78 is 24.6. The summed E-state index contributed by atoms with van der Waals surface area (Å²) in [5.41, 5.74) is 0. The summed E-state index contributed by atoms with van der Waals surface area (Å²) in [4.78, 5) is 2.46. The Hall–Kier alpha value is -1.13. The first-order valence-corrected chi connectivity index (χ1v) is 7.44. The number of para-hydroxylation sites is 1. The van der Waals surface area contributed by atoms with Crippen molar-refractivity contribution in [1.82, 2.24) is 4.90 Å². The van der Waals surface area contributed by atoms with E-state index in [0.717, 1.165) is 25.9 Å². The molecule has 0 radical (unpaired) electrons. The van der Waals surface area contributed by atoms with Crippen LogP contribution in [0.1, 0.15) is 25.7 Å². The Morgan fingerprint density at radius 3 is 2.40 bits per heavy atom. The van der Waals surface area contributed by atoms with E-state index in [1.54, 1.807) is 25.3 Å². The van der Waals surface area contributed by atoms with E-state index >= 15 is 0 Å². The average Bonchev–Trinajstić information content (AvgIpc) is 2.44. The molecule has 1 aliphatic heterocycles. The van der Waals surface area contributed by atoms with Crippen molar-refractivity contribution in [3.05, 3.63) is 30.1 Å². The number of likely N-dealkylation sites (tertiary alicyclic amines) is 1. The molecule has 1 aliphatic carbocycles. The number of benzene rings is 1. The third-order valence-electron chi connectivity index (χ3n) is 4.50. The summed E-state index contributed by atoms with van der Waals surface area (Å²) >= 11 is 0. The number of ether oxygens (including phenoxy) is 2. The van der Waals surface area contributed by atoms with Gasteiger partial charge in [0, 0.05) is 26.2 Å². The van der Waals surface area contributed by atoms with Gasteiger partial charge >= 0.3 is 0 Å². The monoisotopic (exact) mass is 279 g/mol. The minimum Gasteiger partial charge on any atom is -0.485 e. The van der Waals surface area contributed by atoms with Gasteiger partial charge in [0.2, 0.25) is 0 Å². The molecule has 0 bridgehead atoms. The van der Waals surface area contributed by atoms with Gasteiger partial charge in [-0.05, 0) is 37.8 Å². The van der Waals surface area contributed by atoms with Crippen molar-refractivity contribution in [2.75, 3.05) is 20.2 Å². The van der Waals surface area contributed by atoms with Gasteiger partial charge in [0.05, 0.1) is 6.10 Å². The van der Waals surface area contributed by atoms with E-state index in [4.69, 9.17) is 9.47 Å². The maximum atomic E-state index is 13.5. The molecule has 0 spiro atoms. The number of methoxy groups -OCH3 is 1. The highest BCUT2D eigenvalue weighted by molar-refractivity contribution is 5.24. The first-order valence-electron chi connectivity index (χ1n) is 7.44. The highest BCUT2D eigenvalue weighted by Gasteiger charge is 2.35. The molecule has 0 unspecified atom stereocenters. The molecule has 2 aliphatic rings. The lowest BCUT2D eigenvalue weighted by Crippen LogP contribution is -2.58. The smallest absolute Gasteiger partial charge is 0.165 e. The van der Waals surface area contributed by atoms with Crippen LogP contribution in [0.4, 0.5) is 4.39 Å². The van der Waals surface area contributed by atoms with Crippen molar-refractivity contribution >= 4 is 0 Å². The van der Waals surface area contributed by atoms with E-state index in [1.807, 2.05) is 0 Å². The van der Waals surface area contributed by atoms with E-state index < -0.39 is 0 Å². The molecular formula is C16H22FNO2. The molecular weight excluding hydrogens is 257 g/mol. The summed E-state index contributed by atoms with van der Waals surface area (Å²) in [5, 5.41) is 0. The predicted molar refractivity (Wildman–Crippen MR) is 75.4 cm³/mol. The van der Waals surface area contributed by atoms with Crippen LogP contribution in [-0.4, -0.2) is 43.3 Å². The zero-order valence-corrected chi connectivity index (χ0v) is 11.9. The number of hydrogen-bond donors (Lipinski definition) is 0. The molecule has 3 nitrogen and oxygen atoms in total. The van der Waals surface area contributed by atoms with E-state index in [0.29, 0.717) is 17.9 Å². The van der Waals surface area contributed by atoms with Crippen LogP contribution in [0.2, 0.25) is 0 Å². The third kappa shape index (κ3) is 2.96.